The number of nitrogens with zero attached hydrogens (tertiary/aromatic N) is 5. The molecule has 0 unspecified atom stereocenters. The van der Waals surface area contributed by atoms with Gasteiger partial charge in [-0.2, -0.15) is 9.61 Å². The van der Waals surface area contributed by atoms with Crippen molar-refractivity contribution in [3.63, 3.8) is 0 Å². The minimum atomic E-state index is -0.244. The number of aromatic amines is 1. The third-order valence-corrected chi connectivity index (χ3v) is 5.33. The highest BCUT2D eigenvalue weighted by molar-refractivity contribution is 5.96. The summed E-state index contributed by atoms with van der Waals surface area (Å²) in [6.45, 7) is 4.88. The number of nitrogens with one attached hydrogen (secondary N) is 1. The number of fused-ring (bicyclic) bond motifs is 2. The van der Waals surface area contributed by atoms with Gasteiger partial charge in [-0.15, -0.1) is 0 Å². The van der Waals surface area contributed by atoms with Gasteiger partial charge in [-0.3, -0.25) is 19.5 Å². The fourth-order valence-corrected chi connectivity index (χ4v) is 3.74. The summed E-state index contributed by atoms with van der Waals surface area (Å²) in [5, 5.41) is 4.42. The van der Waals surface area contributed by atoms with E-state index in [1.807, 2.05) is 12.1 Å². The zero-order chi connectivity index (χ0) is 19.1. The lowest BCUT2D eigenvalue weighted by molar-refractivity contribution is 0.0327. The highest BCUT2D eigenvalue weighted by Gasteiger charge is 2.32. The molecule has 0 spiro atoms. The van der Waals surface area contributed by atoms with Crippen LogP contribution in [0.5, 0.6) is 0 Å². The first kappa shape index (κ1) is 17.1. The van der Waals surface area contributed by atoms with Crippen LogP contribution < -0.4 is 5.56 Å². The lowest BCUT2D eigenvalue weighted by atomic mass is 10.2. The SMILES string of the molecule is O=C1c2[nH]c3cc(-c4ccncc4)nn3c(=O)c2CN1CCN1CCOCC1. The van der Waals surface area contributed by atoms with Crippen molar-refractivity contribution in [1.29, 1.82) is 0 Å². The van der Waals surface area contributed by atoms with Crippen LogP contribution in [0.15, 0.2) is 35.4 Å². The molecule has 28 heavy (non-hydrogen) atoms. The van der Waals surface area contributed by atoms with Crippen LogP contribution in [0.1, 0.15) is 16.1 Å². The Morgan fingerprint density at radius 3 is 2.68 bits per heavy atom. The van der Waals surface area contributed by atoms with Gasteiger partial charge in [0.05, 0.1) is 31.0 Å². The molecule has 144 valence electrons. The first-order valence-corrected chi connectivity index (χ1v) is 9.35. The molecule has 5 heterocycles. The van der Waals surface area contributed by atoms with Gasteiger partial charge in [0.25, 0.3) is 11.5 Å². The predicted molar refractivity (Wildman–Crippen MR) is 101 cm³/mol. The summed E-state index contributed by atoms with van der Waals surface area (Å²) in [5.74, 6) is -0.130. The van der Waals surface area contributed by atoms with Crippen molar-refractivity contribution >= 4 is 11.6 Å². The van der Waals surface area contributed by atoms with Gasteiger partial charge in [0.1, 0.15) is 11.3 Å². The van der Waals surface area contributed by atoms with Gasteiger partial charge in [0.2, 0.25) is 0 Å². The van der Waals surface area contributed by atoms with E-state index in [2.05, 4.69) is 20.0 Å². The van der Waals surface area contributed by atoms with E-state index in [0.717, 1.165) is 38.4 Å². The number of hydrogen-bond donors (Lipinski definition) is 1. The summed E-state index contributed by atoms with van der Waals surface area (Å²) >= 11 is 0. The van der Waals surface area contributed by atoms with Gasteiger partial charge < -0.3 is 14.6 Å². The largest absolute Gasteiger partial charge is 0.379 e. The molecule has 9 heteroatoms. The maximum Gasteiger partial charge on any atom is 0.280 e. The summed E-state index contributed by atoms with van der Waals surface area (Å²) in [4.78, 5) is 36.9. The minimum absolute atomic E-state index is 0.130. The second-order valence-corrected chi connectivity index (χ2v) is 7.03. The zero-order valence-electron chi connectivity index (χ0n) is 15.3. The number of carbonyl (C=O) groups is 1. The maximum absolute atomic E-state index is 12.9. The summed E-state index contributed by atoms with van der Waals surface area (Å²) in [6.07, 6.45) is 3.36. The normalized spacial score (nSPS) is 17.4. The van der Waals surface area contributed by atoms with E-state index in [1.165, 1.54) is 4.52 Å². The monoisotopic (exact) mass is 380 g/mol. The van der Waals surface area contributed by atoms with E-state index in [9.17, 15) is 9.59 Å². The van der Waals surface area contributed by atoms with Gasteiger partial charge in [-0.05, 0) is 12.1 Å². The van der Waals surface area contributed by atoms with Crippen LogP contribution in [-0.2, 0) is 11.3 Å². The number of morpholine rings is 1. The Hall–Kier alpha value is -3.04. The number of hydrogen-bond acceptors (Lipinski definition) is 6. The first-order valence-electron chi connectivity index (χ1n) is 9.35. The standard InChI is InChI=1S/C19H20N6O3/c26-18-14-12-24(6-5-23-7-9-28-10-8-23)19(27)17(14)21-16-11-15(22-25(16)18)13-1-3-20-4-2-13/h1-4,11,21H,5-10,12H2. The van der Waals surface area contributed by atoms with Crippen LogP contribution in [0.3, 0.4) is 0 Å². The molecule has 1 fully saturated rings. The van der Waals surface area contributed by atoms with Gasteiger partial charge in [-0.1, -0.05) is 0 Å². The number of aromatic nitrogens is 4. The first-order chi connectivity index (χ1) is 13.7. The van der Waals surface area contributed by atoms with Crippen LogP contribution in [0, 0.1) is 0 Å². The van der Waals surface area contributed by atoms with Gasteiger partial charge in [-0.25, -0.2) is 0 Å². The van der Waals surface area contributed by atoms with Crippen LogP contribution in [0.25, 0.3) is 16.9 Å². The van der Waals surface area contributed by atoms with Crippen LogP contribution in [0.2, 0.25) is 0 Å². The third-order valence-electron chi connectivity index (χ3n) is 5.33. The summed E-state index contributed by atoms with van der Waals surface area (Å²) < 4.78 is 6.69. The van der Waals surface area contributed by atoms with Crippen LogP contribution >= 0.6 is 0 Å². The quantitative estimate of drug-likeness (QED) is 0.703. The molecule has 0 radical (unpaired) electrons. The lowest BCUT2D eigenvalue weighted by Crippen LogP contribution is -2.41. The van der Waals surface area contributed by atoms with E-state index < -0.39 is 0 Å². The Balaban J connectivity index is 1.41. The number of pyridine rings is 1. The predicted octanol–water partition coefficient (Wildman–Crippen LogP) is 0.373. The Bertz CT molecular complexity index is 1080. The fraction of sp³-hybridized carbons (Fsp3) is 0.368. The van der Waals surface area contributed by atoms with Crippen molar-refractivity contribution in [3.8, 4) is 11.3 Å². The zero-order valence-corrected chi connectivity index (χ0v) is 15.3. The van der Waals surface area contributed by atoms with Crippen molar-refractivity contribution in [2.24, 2.45) is 0 Å². The maximum atomic E-state index is 12.9. The van der Waals surface area contributed by atoms with E-state index in [0.29, 0.717) is 35.7 Å². The molecule has 1 saturated heterocycles. The topological polar surface area (TPSA) is 95.8 Å². The molecule has 5 rings (SSSR count). The van der Waals surface area contributed by atoms with E-state index in [4.69, 9.17) is 4.74 Å². The van der Waals surface area contributed by atoms with Crippen molar-refractivity contribution < 1.29 is 9.53 Å². The fourth-order valence-electron chi connectivity index (χ4n) is 3.74. The molecular formula is C19H20N6O3. The Morgan fingerprint density at radius 2 is 1.89 bits per heavy atom. The second kappa shape index (κ2) is 6.84. The average molecular weight is 380 g/mol. The lowest BCUT2D eigenvalue weighted by Gasteiger charge is -2.28. The van der Waals surface area contributed by atoms with E-state index in [1.54, 1.807) is 23.4 Å². The molecular weight excluding hydrogens is 360 g/mol. The van der Waals surface area contributed by atoms with Crippen LogP contribution in [0.4, 0.5) is 0 Å². The highest BCUT2D eigenvalue weighted by Crippen LogP contribution is 2.21. The van der Waals surface area contributed by atoms with Crippen molar-refractivity contribution in [3.05, 3.63) is 52.2 Å². The number of carbonyl (C=O) groups excluding carboxylic acids is 1. The smallest absolute Gasteiger partial charge is 0.280 e. The number of ether oxygens (including phenoxy) is 1. The Kier molecular flexibility index (Phi) is 4.18. The summed E-state index contributed by atoms with van der Waals surface area (Å²) in [5.41, 5.74) is 2.65. The average Bonchev–Trinajstić information content (AvgIpc) is 3.31. The van der Waals surface area contributed by atoms with Crippen molar-refractivity contribution in [1.82, 2.24) is 29.4 Å². The van der Waals surface area contributed by atoms with Crippen LogP contribution in [-0.4, -0.2) is 74.7 Å². The summed E-state index contributed by atoms with van der Waals surface area (Å²) in [7, 11) is 0. The molecule has 1 N–H and O–H groups in total. The van der Waals surface area contributed by atoms with E-state index in [-0.39, 0.29) is 11.5 Å². The molecule has 3 aromatic rings. The molecule has 9 nitrogen and oxygen atoms in total. The molecule has 2 aliphatic rings. The van der Waals surface area contributed by atoms with Gasteiger partial charge in [0.15, 0.2) is 0 Å². The minimum Gasteiger partial charge on any atom is -0.379 e. The third kappa shape index (κ3) is 2.88. The Morgan fingerprint density at radius 1 is 1.11 bits per heavy atom. The molecule has 1 amide bonds. The summed E-state index contributed by atoms with van der Waals surface area (Å²) in [6, 6.07) is 5.44. The van der Waals surface area contributed by atoms with Crippen molar-refractivity contribution in [2.75, 3.05) is 39.4 Å². The van der Waals surface area contributed by atoms with Gasteiger partial charge >= 0.3 is 0 Å². The second-order valence-electron chi connectivity index (χ2n) is 7.03. The Labute approximate surface area is 160 Å². The molecule has 3 aromatic heterocycles. The molecule has 0 aliphatic carbocycles. The molecule has 0 atom stereocenters. The number of H-pyrrole nitrogens is 1. The van der Waals surface area contributed by atoms with E-state index >= 15 is 0 Å². The molecule has 2 aliphatic heterocycles. The van der Waals surface area contributed by atoms with Gasteiger partial charge in [0, 0.05) is 50.2 Å². The van der Waals surface area contributed by atoms with Crippen molar-refractivity contribution in [2.45, 2.75) is 6.54 Å². The molecule has 0 aromatic carbocycles. The molecule has 0 bridgehead atoms. The number of amides is 1. The number of rotatable bonds is 4. The molecule has 0 saturated carbocycles. The highest BCUT2D eigenvalue weighted by atomic mass is 16.5.